The quantitative estimate of drug-likeness (QED) is 0.462. The molecule has 0 saturated heterocycles. The van der Waals surface area contributed by atoms with Gasteiger partial charge in [-0.1, -0.05) is 17.7 Å². The van der Waals surface area contributed by atoms with Crippen molar-refractivity contribution in [2.75, 3.05) is 25.6 Å². The first kappa shape index (κ1) is 25.3. The van der Waals surface area contributed by atoms with Gasteiger partial charge < -0.3 is 20.1 Å². The number of hydrogen-bond donors (Lipinski definition) is 2. The van der Waals surface area contributed by atoms with Gasteiger partial charge in [-0.3, -0.25) is 9.59 Å². The van der Waals surface area contributed by atoms with E-state index in [0.717, 1.165) is 5.56 Å². The third kappa shape index (κ3) is 9.47. The Morgan fingerprint density at radius 3 is 2.38 bits per heavy atom. The molecule has 2 amide bonds. The average molecular weight is 473 g/mol. The Morgan fingerprint density at radius 1 is 1.00 bits per heavy atom. The van der Waals surface area contributed by atoms with E-state index in [4.69, 9.17) is 21.1 Å². The number of carbonyl (C=O) groups excluding carboxylic acids is 2. The maximum atomic E-state index is 12.3. The molecule has 0 heterocycles. The lowest BCUT2D eigenvalue weighted by molar-refractivity contribution is -0.153. The second-order valence-electron chi connectivity index (χ2n) is 6.90. The van der Waals surface area contributed by atoms with Crippen LogP contribution >= 0.6 is 11.6 Å². The summed E-state index contributed by atoms with van der Waals surface area (Å²) in [6.45, 7) is -1.07. The van der Waals surface area contributed by atoms with Gasteiger partial charge in [0.05, 0.1) is 7.11 Å². The maximum absolute atomic E-state index is 12.3. The van der Waals surface area contributed by atoms with Crippen molar-refractivity contribution in [2.24, 2.45) is 0 Å². The van der Waals surface area contributed by atoms with E-state index in [1.807, 2.05) is 0 Å². The van der Waals surface area contributed by atoms with Gasteiger partial charge >= 0.3 is 6.18 Å². The fraction of sp³-hybridized carbons (Fsp3) is 0.364. The molecule has 32 heavy (non-hydrogen) atoms. The summed E-state index contributed by atoms with van der Waals surface area (Å²) >= 11 is 5.79. The Bertz CT molecular complexity index is 905. The number of benzene rings is 2. The standard InChI is InChI=1S/C22H24ClF3N2O4/c1-31-19-13-15(4-10-18(19)32-14-22(24,25)26)5-11-20(29)27-12-2-3-21(30)28-17-8-6-16(23)7-9-17/h4,6-10,13H,2-3,5,11-12,14H2,1H3,(H,27,29)(H,28,30). The minimum atomic E-state index is -4.45. The highest BCUT2D eigenvalue weighted by Gasteiger charge is 2.29. The summed E-state index contributed by atoms with van der Waals surface area (Å²) in [4.78, 5) is 23.9. The first-order valence-corrected chi connectivity index (χ1v) is 10.2. The summed E-state index contributed by atoms with van der Waals surface area (Å²) in [5.74, 6) is -0.213. The molecular formula is C22H24ClF3N2O4. The number of carbonyl (C=O) groups is 2. The third-order valence-corrected chi connectivity index (χ3v) is 4.54. The second-order valence-corrected chi connectivity index (χ2v) is 7.33. The molecule has 0 aliphatic carbocycles. The van der Waals surface area contributed by atoms with Crippen LogP contribution in [0.15, 0.2) is 42.5 Å². The summed E-state index contributed by atoms with van der Waals surface area (Å²) in [7, 11) is 1.33. The number of halogens is 4. The lowest BCUT2D eigenvalue weighted by atomic mass is 10.1. The number of alkyl halides is 3. The van der Waals surface area contributed by atoms with Crippen molar-refractivity contribution in [3.05, 3.63) is 53.1 Å². The van der Waals surface area contributed by atoms with E-state index in [0.29, 0.717) is 30.1 Å². The molecule has 0 atom stereocenters. The van der Waals surface area contributed by atoms with E-state index in [1.165, 1.54) is 13.2 Å². The zero-order valence-corrected chi connectivity index (χ0v) is 18.2. The number of methoxy groups -OCH3 is 1. The number of hydrogen-bond acceptors (Lipinski definition) is 4. The zero-order chi connectivity index (χ0) is 23.6. The molecule has 0 aromatic heterocycles. The van der Waals surface area contributed by atoms with Crippen LogP contribution in [-0.2, 0) is 16.0 Å². The van der Waals surface area contributed by atoms with Crippen LogP contribution in [0.1, 0.15) is 24.8 Å². The minimum Gasteiger partial charge on any atom is -0.493 e. The monoisotopic (exact) mass is 472 g/mol. The third-order valence-electron chi connectivity index (χ3n) is 4.29. The number of anilines is 1. The van der Waals surface area contributed by atoms with E-state index in [9.17, 15) is 22.8 Å². The van der Waals surface area contributed by atoms with Crippen LogP contribution < -0.4 is 20.1 Å². The van der Waals surface area contributed by atoms with Gasteiger partial charge in [0, 0.05) is 30.1 Å². The first-order valence-electron chi connectivity index (χ1n) is 9.85. The van der Waals surface area contributed by atoms with Crippen molar-refractivity contribution in [3.63, 3.8) is 0 Å². The zero-order valence-electron chi connectivity index (χ0n) is 17.4. The summed E-state index contributed by atoms with van der Waals surface area (Å²) in [6, 6.07) is 11.3. The Kier molecular flexibility index (Phi) is 9.64. The predicted octanol–water partition coefficient (Wildman–Crippen LogP) is 4.76. The predicted molar refractivity (Wildman–Crippen MR) is 115 cm³/mol. The van der Waals surface area contributed by atoms with E-state index in [2.05, 4.69) is 10.6 Å². The molecule has 10 heteroatoms. The van der Waals surface area contributed by atoms with Crippen LogP contribution in [0.25, 0.3) is 0 Å². The molecule has 0 saturated carbocycles. The van der Waals surface area contributed by atoms with Gasteiger partial charge in [0.1, 0.15) is 0 Å². The van der Waals surface area contributed by atoms with E-state index < -0.39 is 12.8 Å². The fourth-order valence-electron chi connectivity index (χ4n) is 2.73. The van der Waals surface area contributed by atoms with Crippen LogP contribution in [0.2, 0.25) is 5.02 Å². The fourth-order valence-corrected chi connectivity index (χ4v) is 2.85. The summed E-state index contributed by atoms with van der Waals surface area (Å²) in [6.07, 6.45) is -3.16. The Hall–Kier alpha value is -2.94. The van der Waals surface area contributed by atoms with Crippen molar-refractivity contribution < 1.29 is 32.2 Å². The van der Waals surface area contributed by atoms with Crippen molar-refractivity contribution in [3.8, 4) is 11.5 Å². The number of ether oxygens (including phenoxy) is 2. The molecule has 2 rings (SSSR count). The number of amides is 2. The number of nitrogens with one attached hydrogen (secondary N) is 2. The van der Waals surface area contributed by atoms with Gasteiger partial charge in [-0.15, -0.1) is 0 Å². The lowest BCUT2D eigenvalue weighted by Crippen LogP contribution is -2.25. The Morgan fingerprint density at radius 2 is 1.72 bits per heavy atom. The van der Waals surface area contributed by atoms with Crippen molar-refractivity contribution in [1.29, 1.82) is 0 Å². The maximum Gasteiger partial charge on any atom is 0.422 e. The highest BCUT2D eigenvalue weighted by molar-refractivity contribution is 6.30. The Balaban J connectivity index is 1.69. The SMILES string of the molecule is COc1cc(CCC(=O)NCCCC(=O)Nc2ccc(Cl)cc2)ccc1OCC(F)(F)F. The number of aryl methyl sites for hydroxylation is 1. The topological polar surface area (TPSA) is 76.7 Å². The van der Waals surface area contributed by atoms with Crippen LogP contribution in [0.4, 0.5) is 18.9 Å². The van der Waals surface area contributed by atoms with E-state index in [-0.39, 0.29) is 36.2 Å². The molecule has 0 aliphatic heterocycles. The van der Waals surface area contributed by atoms with Gasteiger partial charge in [-0.05, 0) is 54.8 Å². The Labute approximate surface area is 189 Å². The molecule has 6 nitrogen and oxygen atoms in total. The normalized spacial score (nSPS) is 11.0. The molecule has 0 radical (unpaired) electrons. The smallest absolute Gasteiger partial charge is 0.422 e. The molecule has 2 aromatic rings. The highest BCUT2D eigenvalue weighted by atomic mass is 35.5. The average Bonchev–Trinajstić information content (AvgIpc) is 2.75. The molecule has 2 aromatic carbocycles. The van der Waals surface area contributed by atoms with Gasteiger partial charge in [0.2, 0.25) is 11.8 Å². The molecule has 0 fully saturated rings. The lowest BCUT2D eigenvalue weighted by Gasteiger charge is -2.13. The highest BCUT2D eigenvalue weighted by Crippen LogP contribution is 2.30. The number of rotatable bonds is 11. The molecule has 0 unspecified atom stereocenters. The summed E-state index contributed by atoms with van der Waals surface area (Å²) < 4.78 is 46.7. The molecule has 0 bridgehead atoms. The van der Waals surface area contributed by atoms with Crippen molar-refractivity contribution in [2.45, 2.75) is 31.9 Å². The van der Waals surface area contributed by atoms with Crippen LogP contribution in [0, 0.1) is 0 Å². The van der Waals surface area contributed by atoms with Gasteiger partial charge in [-0.25, -0.2) is 0 Å². The largest absolute Gasteiger partial charge is 0.493 e. The van der Waals surface area contributed by atoms with Crippen molar-refractivity contribution >= 4 is 29.1 Å². The van der Waals surface area contributed by atoms with Crippen LogP contribution in [-0.4, -0.2) is 38.3 Å². The van der Waals surface area contributed by atoms with E-state index >= 15 is 0 Å². The van der Waals surface area contributed by atoms with Gasteiger partial charge in [0.15, 0.2) is 18.1 Å². The molecule has 0 aliphatic rings. The van der Waals surface area contributed by atoms with Gasteiger partial charge in [0.25, 0.3) is 0 Å². The molecule has 0 spiro atoms. The molecular weight excluding hydrogens is 449 g/mol. The van der Waals surface area contributed by atoms with Crippen LogP contribution in [0.5, 0.6) is 11.5 Å². The minimum absolute atomic E-state index is 0.0186. The molecule has 174 valence electrons. The summed E-state index contributed by atoms with van der Waals surface area (Å²) in [5, 5.41) is 6.06. The summed E-state index contributed by atoms with van der Waals surface area (Å²) in [5.41, 5.74) is 1.37. The van der Waals surface area contributed by atoms with E-state index in [1.54, 1.807) is 36.4 Å². The second kappa shape index (κ2) is 12.2. The van der Waals surface area contributed by atoms with Gasteiger partial charge in [-0.2, -0.15) is 13.2 Å². The van der Waals surface area contributed by atoms with Crippen LogP contribution in [0.3, 0.4) is 0 Å². The van der Waals surface area contributed by atoms with Crippen molar-refractivity contribution in [1.82, 2.24) is 5.32 Å². The molecule has 2 N–H and O–H groups in total. The first-order chi connectivity index (χ1) is 15.2.